The number of nitrogens with one attached hydrogen (secondary N) is 1. The molecule has 2 aliphatic carbocycles. The lowest BCUT2D eigenvalue weighted by atomic mass is 9.69. The first-order valence-corrected chi connectivity index (χ1v) is 9.94. The zero-order valence-electron chi connectivity index (χ0n) is 14.6. The van der Waals surface area contributed by atoms with Gasteiger partial charge in [0.15, 0.2) is 0 Å². The molecule has 0 spiro atoms. The second-order valence-electron chi connectivity index (χ2n) is 8.94. The number of amides is 2. The fraction of sp³-hybridized carbons (Fsp3) is 0.889. The van der Waals surface area contributed by atoms with Crippen molar-refractivity contribution in [1.29, 1.82) is 0 Å². The number of carbonyl (C=O) groups is 2. The summed E-state index contributed by atoms with van der Waals surface area (Å²) in [6.07, 6.45) is 5.05. The molecule has 2 aliphatic heterocycles. The van der Waals surface area contributed by atoms with Gasteiger partial charge < -0.3 is 10.2 Å². The average Bonchev–Trinajstić information content (AvgIpc) is 3.09. The smallest absolute Gasteiger partial charge is 0.243 e. The minimum absolute atomic E-state index is 0.0750. The normalized spacial score (nSPS) is 47.2. The molecule has 1 N–H and O–H groups in total. The highest BCUT2D eigenvalue weighted by atomic mass is 32.2. The number of hydrogen-bond acceptors (Lipinski definition) is 3. The van der Waals surface area contributed by atoms with Gasteiger partial charge in [0.25, 0.3) is 0 Å². The second kappa shape index (κ2) is 4.68. The molecule has 23 heavy (non-hydrogen) atoms. The number of fused-ring (bicyclic) bond motifs is 3. The highest BCUT2D eigenvalue weighted by Crippen LogP contribution is 2.65. The van der Waals surface area contributed by atoms with E-state index in [9.17, 15) is 9.59 Å². The number of hydrogen-bond donors (Lipinski definition) is 1. The van der Waals surface area contributed by atoms with Crippen LogP contribution in [0, 0.1) is 16.7 Å². The van der Waals surface area contributed by atoms with Gasteiger partial charge in [0.2, 0.25) is 11.8 Å². The molecule has 0 radical (unpaired) electrons. The summed E-state index contributed by atoms with van der Waals surface area (Å²) in [5, 5.41) is 3.35. The lowest BCUT2D eigenvalue weighted by molar-refractivity contribution is -0.138. The van der Waals surface area contributed by atoms with E-state index >= 15 is 0 Å². The fourth-order valence-electron chi connectivity index (χ4n) is 5.70. The second-order valence-corrected chi connectivity index (χ2v) is 10.4. The van der Waals surface area contributed by atoms with Crippen molar-refractivity contribution in [3.05, 3.63) is 0 Å². The van der Waals surface area contributed by atoms with Crippen molar-refractivity contribution in [3.8, 4) is 0 Å². The van der Waals surface area contributed by atoms with E-state index in [-0.39, 0.29) is 34.2 Å². The van der Waals surface area contributed by atoms with E-state index in [1.165, 1.54) is 12.8 Å². The zero-order valence-corrected chi connectivity index (χ0v) is 15.5. The van der Waals surface area contributed by atoms with Gasteiger partial charge in [-0.25, -0.2) is 0 Å². The molecule has 0 aromatic heterocycles. The van der Waals surface area contributed by atoms with Crippen LogP contribution in [0.3, 0.4) is 0 Å². The monoisotopic (exact) mass is 336 g/mol. The Morgan fingerprint density at radius 3 is 2.61 bits per heavy atom. The van der Waals surface area contributed by atoms with Crippen LogP contribution in [0.4, 0.5) is 0 Å². The summed E-state index contributed by atoms with van der Waals surface area (Å²) in [4.78, 5) is 26.9. The van der Waals surface area contributed by atoms with Gasteiger partial charge in [-0.2, -0.15) is 0 Å². The minimum Gasteiger partial charge on any atom is -0.351 e. The van der Waals surface area contributed by atoms with Crippen molar-refractivity contribution in [3.63, 3.8) is 0 Å². The lowest BCUT2D eigenvalue weighted by Crippen LogP contribution is -2.55. The van der Waals surface area contributed by atoms with E-state index in [1.807, 2.05) is 4.90 Å². The minimum atomic E-state index is -0.272. The first kappa shape index (κ1) is 15.8. The highest BCUT2D eigenvalue weighted by Gasteiger charge is 2.62. The van der Waals surface area contributed by atoms with Crippen molar-refractivity contribution in [2.75, 3.05) is 5.75 Å². The highest BCUT2D eigenvalue weighted by molar-refractivity contribution is 8.01. The van der Waals surface area contributed by atoms with E-state index in [4.69, 9.17) is 0 Å². The Bertz CT molecular complexity index is 577. The Morgan fingerprint density at radius 2 is 2.00 bits per heavy atom. The average molecular weight is 337 g/mol. The molecule has 0 aromatic carbocycles. The van der Waals surface area contributed by atoms with Crippen LogP contribution in [0.5, 0.6) is 0 Å². The number of nitrogens with zero attached hydrogens (tertiary/aromatic N) is 1. The van der Waals surface area contributed by atoms with E-state index in [0.29, 0.717) is 11.8 Å². The molecular weight excluding hydrogens is 308 g/mol. The maximum Gasteiger partial charge on any atom is 0.243 e. The Balaban J connectivity index is 1.51. The third-order valence-corrected chi connectivity index (χ3v) is 9.36. The van der Waals surface area contributed by atoms with E-state index in [0.717, 1.165) is 24.5 Å². The number of rotatable bonds is 2. The molecule has 5 atom stereocenters. The van der Waals surface area contributed by atoms with Crippen LogP contribution in [-0.2, 0) is 9.59 Å². The number of thioether (sulfide) groups is 1. The van der Waals surface area contributed by atoms with Crippen molar-refractivity contribution in [2.45, 2.75) is 76.8 Å². The molecule has 0 aromatic rings. The van der Waals surface area contributed by atoms with Crippen molar-refractivity contribution in [1.82, 2.24) is 10.2 Å². The van der Waals surface area contributed by atoms with Gasteiger partial charge >= 0.3 is 0 Å². The molecule has 4 aliphatic rings. The predicted molar refractivity (Wildman–Crippen MR) is 91.9 cm³/mol. The molecule has 4 fully saturated rings. The molecular formula is C18H28N2O2S. The molecule has 4 rings (SSSR count). The van der Waals surface area contributed by atoms with Gasteiger partial charge in [0, 0.05) is 18.2 Å². The molecule has 128 valence electrons. The fourth-order valence-corrected chi connectivity index (χ4v) is 7.14. The third-order valence-electron chi connectivity index (χ3n) is 7.86. The van der Waals surface area contributed by atoms with Crippen molar-refractivity contribution >= 4 is 23.6 Å². The summed E-state index contributed by atoms with van der Waals surface area (Å²) in [6, 6.07) is -0.0100. The van der Waals surface area contributed by atoms with Crippen molar-refractivity contribution < 1.29 is 9.59 Å². The molecule has 2 saturated heterocycles. The standard InChI is InChI=1S/C18H28N2O2S/c1-16(2)11-5-7-17(16,3)13(9-11)19-15(22)12-10-23-18(4)8-6-14(21)20(12)18/h11-13H,5-10H2,1-4H3,(H,19,22)/t11-,12+,13+,17-,18+/m1/s1. The topological polar surface area (TPSA) is 49.4 Å². The first-order valence-electron chi connectivity index (χ1n) is 8.95. The Kier molecular flexibility index (Phi) is 3.21. The quantitative estimate of drug-likeness (QED) is 0.843. The van der Waals surface area contributed by atoms with Gasteiger partial charge in [-0.15, -0.1) is 11.8 Å². The van der Waals surface area contributed by atoms with Crippen molar-refractivity contribution in [2.24, 2.45) is 16.7 Å². The maximum atomic E-state index is 12.9. The molecule has 5 heteroatoms. The largest absolute Gasteiger partial charge is 0.351 e. The van der Waals surface area contributed by atoms with Crippen LogP contribution in [0.25, 0.3) is 0 Å². The van der Waals surface area contributed by atoms with E-state index in [1.54, 1.807) is 11.8 Å². The SMILES string of the molecule is CC1(C)[C@@H]2CC[C@]1(C)[C@@H](NC(=O)[C@@H]1CS[C@@]3(C)CCC(=O)N13)C2. The molecule has 2 bridgehead atoms. The van der Waals surface area contributed by atoms with Crippen LogP contribution in [0.2, 0.25) is 0 Å². The van der Waals surface area contributed by atoms with Crippen LogP contribution >= 0.6 is 11.8 Å². The summed E-state index contributed by atoms with van der Waals surface area (Å²) in [5.74, 6) is 1.68. The summed E-state index contributed by atoms with van der Waals surface area (Å²) in [6.45, 7) is 9.18. The first-order chi connectivity index (χ1) is 10.7. The Hall–Kier alpha value is -0.710. The molecule has 2 amide bonds. The van der Waals surface area contributed by atoms with Crippen LogP contribution in [0.15, 0.2) is 0 Å². The van der Waals surface area contributed by atoms with E-state index in [2.05, 4.69) is 33.0 Å². The van der Waals surface area contributed by atoms with Crippen LogP contribution < -0.4 is 5.32 Å². The van der Waals surface area contributed by atoms with Gasteiger partial charge in [-0.1, -0.05) is 20.8 Å². The Labute approximate surface area is 143 Å². The number of carbonyl (C=O) groups excluding carboxylic acids is 2. The van der Waals surface area contributed by atoms with Gasteiger partial charge in [-0.05, 0) is 49.4 Å². The van der Waals surface area contributed by atoms with Gasteiger partial charge in [-0.3, -0.25) is 9.59 Å². The summed E-state index contributed by atoms with van der Waals surface area (Å²) >= 11 is 1.77. The predicted octanol–water partition coefficient (Wildman–Crippen LogP) is 2.77. The molecule has 0 unspecified atom stereocenters. The molecule has 2 saturated carbocycles. The van der Waals surface area contributed by atoms with Crippen LogP contribution in [-0.4, -0.2) is 39.4 Å². The maximum absolute atomic E-state index is 12.9. The van der Waals surface area contributed by atoms with Crippen LogP contribution in [0.1, 0.15) is 59.8 Å². The van der Waals surface area contributed by atoms with Gasteiger partial charge in [0.05, 0.1) is 4.87 Å². The van der Waals surface area contributed by atoms with Gasteiger partial charge in [0.1, 0.15) is 6.04 Å². The summed E-state index contributed by atoms with van der Waals surface area (Å²) < 4.78 is 0. The Morgan fingerprint density at radius 1 is 1.26 bits per heavy atom. The summed E-state index contributed by atoms with van der Waals surface area (Å²) in [7, 11) is 0. The summed E-state index contributed by atoms with van der Waals surface area (Å²) in [5.41, 5.74) is 0.491. The molecule has 2 heterocycles. The third kappa shape index (κ3) is 1.92. The zero-order chi connectivity index (χ0) is 16.6. The molecule has 4 nitrogen and oxygen atoms in total. The van der Waals surface area contributed by atoms with E-state index < -0.39 is 0 Å². The lowest BCUT2D eigenvalue weighted by Gasteiger charge is -2.40.